The number of aromatic nitrogens is 1. The second-order valence-corrected chi connectivity index (χ2v) is 4.25. The molecule has 0 bridgehead atoms. The third-order valence-electron chi connectivity index (χ3n) is 2.65. The Balaban J connectivity index is 2.07. The van der Waals surface area contributed by atoms with Crippen LogP contribution in [0.2, 0.25) is 0 Å². The van der Waals surface area contributed by atoms with Crippen LogP contribution in [0.15, 0.2) is 11.6 Å². The van der Waals surface area contributed by atoms with Gasteiger partial charge in [0.25, 0.3) is 0 Å². The number of rotatable bonds is 3. The van der Waals surface area contributed by atoms with E-state index in [0.29, 0.717) is 6.04 Å². The van der Waals surface area contributed by atoms with Gasteiger partial charge in [-0.3, -0.25) is 0 Å². The van der Waals surface area contributed by atoms with E-state index >= 15 is 0 Å². The van der Waals surface area contributed by atoms with Gasteiger partial charge in [-0.05, 0) is 25.8 Å². The standard InChI is InChI=1S/C9H14N2S/c1-10-8(7-3-2-4-7)9-11-5-6-12-9/h5-8,10H,2-4H2,1H3. The topological polar surface area (TPSA) is 24.9 Å². The maximum Gasteiger partial charge on any atom is 0.110 e. The zero-order valence-electron chi connectivity index (χ0n) is 7.29. The molecule has 1 aliphatic carbocycles. The lowest BCUT2D eigenvalue weighted by Crippen LogP contribution is -2.29. The molecule has 2 nitrogen and oxygen atoms in total. The summed E-state index contributed by atoms with van der Waals surface area (Å²) in [5.74, 6) is 0.834. The average Bonchev–Trinajstić information content (AvgIpc) is 2.47. The smallest absolute Gasteiger partial charge is 0.110 e. The highest BCUT2D eigenvalue weighted by molar-refractivity contribution is 7.09. The first-order valence-electron chi connectivity index (χ1n) is 4.48. The summed E-state index contributed by atoms with van der Waals surface area (Å²) in [6.07, 6.45) is 6.02. The van der Waals surface area contributed by atoms with Crippen molar-refractivity contribution in [2.24, 2.45) is 5.92 Å². The summed E-state index contributed by atoms with van der Waals surface area (Å²) in [6.45, 7) is 0. The van der Waals surface area contributed by atoms with Gasteiger partial charge in [-0.15, -0.1) is 11.3 Å². The van der Waals surface area contributed by atoms with Crippen LogP contribution in [0.5, 0.6) is 0 Å². The van der Waals surface area contributed by atoms with E-state index in [2.05, 4.69) is 15.7 Å². The lowest BCUT2D eigenvalue weighted by Gasteiger charge is -2.32. The maximum atomic E-state index is 4.35. The Bertz CT molecular complexity index is 229. The molecule has 66 valence electrons. The Hall–Kier alpha value is -0.410. The van der Waals surface area contributed by atoms with E-state index in [1.807, 2.05) is 13.2 Å². The first-order valence-corrected chi connectivity index (χ1v) is 5.36. The maximum absolute atomic E-state index is 4.35. The summed E-state index contributed by atoms with van der Waals surface area (Å²) in [5.41, 5.74) is 0. The molecule has 1 aromatic rings. The van der Waals surface area contributed by atoms with Crippen molar-refractivity contribution in [1.29, 1.82) is 0 Å². The summed E-state index contributed by atoms with van der Waals surface area (Å²) in [4.78, 5) is 4.35. The molecule has 0 saturated heterocycles. The van der Waals surface area contributed by atoms with Gasteiger partial charge >= 0.3 is 0 Å². The largest absolute Gasteiger partial charge is 0.311 e. The number of nitrogens with zero attached hydrogens (tertiary/aromatic N) is 1. The van der Waals surface area contributed by atoms with Gasteiger partial charge in [-0.2, -0.15) is 0 Å². The zero-order valence-corrected chi connectivity index (χ0v) is 8.10. The molecule has 12 heavy (non-hydrogen) atoms. The van der Waals surface area contributed by atoms with Gasteiger partial charge in [0, 0.05) is 11.6 Å². The van der Waals surface area contributed by atoms with Gasteiger partial charge < -0.3 is 5.32 Å². The molecule has 3 heteroatoms. The van der Waals surface area contributed by atoms with E-state index in [4.69, 9.17) is 0 Å². The number of hydrogen-bond donors (Lipinski definition) is 1. The summed E-state index contributed by atoms with van der Waals surface area (Å²) in [7, 11) is 2.03. The quantitative estimate of drug-likeness (QED) is 0.775. The number of thiazole rings is 1. The van der Waals surface area contributed by atoms with Crippen LogP contribution in [0.1, 0.15) is 30.3 Å². The second-order valence-electron chi connectivity index (χ2n) is 3.33. The average molecular weight is 182 g/mol. The van der Waals surface area contributed by atoms with Crippen molar-refractivity contribution in [3.63, 3.8) is 0 Å². The molecule has 0 spiro atoms. The Morgan fingerprint density at radius 3 is 2.92 bits per heavy atom. The molecular weight excluding hydrogens is 168 g/mol. The van der Waals surface area contributed by atoms with Crippen LogP contribution in [0.3, 0.4) is 0 Å². The molecule has 1 unspecified atom stereocenters. The molecule has 2 rings (SSSR count). The fourth-order valence-corrected chi connectivity index (χ4v) is 2.56. The third kappa shape index (κ3) is 1.39. The van der Waals surface area contributed by atoms with Crippen molar-refractivity contribution in [1.82, 2.24) is 10.3 Å². The lowest BCUT2D eigenvalue weighted by atomic mass is 9.80. The Morgan fingerprint density at radius 1 is 1.67 bits per heavy atom. The van der Waals surface area contributed by atoms with Gasteiger partial charge in [0.2, 0.25) is 0 Å². The van der Waals surface area contributed by atoms with E-state index in [1.165, 1.54) is 24.3 Å². The molecule has 1 fully saturated rings. The lowest BCUT2D eigenvalue weighted by molar-refractivity contribution is 0.239. The van der Waals surface area contributed by atoms with E-state index < -0.39 is 0 Å². The molecule has 0 aromatic carbocycles. The first kappa shape index (κ1) is 8.20. The Morgan fingerprint density at radius 2 is 2.50 bits per heavy atom. The van der Waals surface area contributed by atoms with Gasteiger partial charge in [-0.25, -0.2) is 4.98 Å². The van der Waals surface area contributed by atoms with E-state index in [0.717, 1.165) is 5.92 Å². The monoisotopic (exact) mass is 182 g/mol. The fraction of sp³-hybridized carbons (Fsp3) is 0.667. The SMILES string of the molecule is CNC(c1nccs1)C1CCC1. The van der Waals surface area contributed by atoms with Crippen LogP contribution in [0.25, 0.3) is 0 Å². The fourth-order valence-electron chi connectivity index (χ4n) is 1.72. The molecule has 1 aliphatic rings. The summed E-state index contributed by atoms with van der Waals surface area (Å²) in [6, 6.07) is 0.513. The van der Waals surface area contributed by atoms with Crippen LogP contribution >= 0.6 is 11.3 Å². The molecular formula is C9H14N2S. The van der Waals surface area contributed by atoms with E-state index in [9.17, 15) is 0 Å². The van der Waals surface area contributed by atoms with Crippen LogP contribution in [-0.2, 0) is 0 Å². The molecule has 1 saturated carbocycles. The van der Waals surface area contributed by atoms with Crippen molar-refractivity contribution in [2.45, 2.75) is 25.3 Å². The van der Waals surface area contributed by atoms with Gasteiger partial charge in [0.15, 0.2) is 0 Å². The zero-order chi connectivity index (χ0) is 8.39. The molecule has 1 heterocycles. The minimum Gasteiger partial charge on any atom is -0.311 e. The molecule has 1 aromatic heterocycles. The van der Waals surface area contributed by atoms with Crippen molar-refractivity contribution < 1.29 is 0 Å². The van der Waals surface area contributed by atoms with E-state index in [-0.39, 0.29) is 0 Å². The van der Waals surface area contributed by atoms with Crippen LogP contribution in [0.4, 0.5) is 0 Å². The molecule has 0 aliphatic heterocycles. The summed E-state index contributed by atoms with van der Waals surface area (Å²) >= 11 is 1.76. The highest BCUT2D eigenvalue weighted by Crippen LogP contribution is 2.37. The van der Waals surface area contributed by atoms with Crippen molar-refractivity contribution in [2.75, 3.05) is 7.05 Å². The Labute approximate surface area is 77.0 Å². The van der Waals surface area contributed by atoms with Crippen molar-refractivity contribution >= 4 is 11.3 Å². The highest BCUT2D eigenvalue weighted by Gasteiger charge is 2.28. The van der Waals surface area contributed by atoms with Crippen LogP contribution < -0.4 is 5.32 Å². The second kappa shape index (κ2) is 3.54. The molecule has 0 amide bonds. The van der Waals surface area contributed by atoms with Crippen LogP contribution in [-0.4, -0.2) is 12.0 Å². The van der Waals surface area contributed by atoms with Crippen molar-refractivity contribution in [3.8, 4) is 0 Å². The van der Waals surface area contributed by atoms with Crippen molar-refractivity contribution in [3.05, 3.63) is 16.6 Å². The molecule has 0 radical (unpaired) electrons. The molecule has 1 N–H and O–H groups in total. The van der Waals surface area contributed by atoms with E-state index in [1.54, 1.807) is 11.3 Å². The Kier molecular flexibility index (Phi) is 2.42. The highest BCUT2D eigenvalue weighted by atomic mass is 32.1. The molecule has 1 atom stereocenters. The minimum atomic E-state index is 0.513. The van der Waals surface area contributed by atoms with Gasteiger partial charge in [0.1, 0.15) is 5.01 Å². The number of nitrogens with one attached hydrogen (secondary N) is 1. The predicted molar refractivity (Wildman–Crippen MR) is 51.3 cm³/mol. The first-order chi connectivity index (χ1) is 5.92. The normalized spacial score (nSPS) is 20.4. The van der Waals surface area contributed by atoms with Crippen LogP contribution in [0, 0.1) is 5.92 Å². The third-order valence-corrected chi connectivity index (χ3v) is 3.51. The van der Waals surface area contributed by atoms with Gasteiger partial charge in [0.05, 0.1) is 6.04 Å². The van der Waals surface area contributed by atoms with Gasteiger partial charge in [-0.1, -0.05) is 6.42 Å². The summed E-state index contributed by atoms with van der Waals surface area (Å²) < 4.78 is 0. The predicted octanol–water partition coefficient (Wildman–Crippen LogP) is 2.20. The summed E-state index contributed by atoms with van der Waals surface area (Å²) in [5, 5.41) is 6.66. The number of hydrogen-bond acceptors (Lipinski definition) is 3. The minimum absolute atomic E-state index is 0.513.